The molecule has 0 aromatic rings. The molecular formula is C28H49NO6S. The van der Waals surface area contributed by atoms with Crippen LogP contribution in [0, 0.1) is 58.7 Å². The van der Waals surface area contributed by atoms with Gasteiger partial charge in [0.15, 0.2) is 0 Å². The molecule has 4 aliphatic carbocycles. The molecular weight excluding hydrogens is 478 g/mol. The van der Waals surface area contributed by atoms with Gasteiger partial charge < -0.3 is 15.5 Å². The molecule has 4 rings (SSSR count). The summed E-state index contributed by atoms with van der Waals surface area (Å²) in [7, 11) is -4.07. The van der Waals surface area contributed by atoms with Crippen molar-refractivity contribution in [1.29, 1.82) is 0 Å². The van der Waals surface area contributed by atoms with Crippen molar-refractivity contribution in [3.63, 3.8) is 0 Å². The van der Waals surface area contributed by atoms with E-state index in [1.807, 2.05) is 0 Å². The molecule has 8 heteroatoms. The molecule has 0 bridgehead atoms. The molecule has 4 aliphatic rings. The van der Waals surface area contributed by atoms with Crippen molar-refractivity contribution in [2.24, 2.45) is 58.7 Å². The largest absolute Gasteiger partial charge is 0.393 e. The van der Waals surface area contributed by atoms with Crippen molar-refractivity contribution in [3.8, 4) is 0 Å². The van der Waals surface area contributed by atoms with E-state index in [1.54, 1.807) is 0 Å². The van der Waals surface area contributed by atoms with Gasteiger partial charge in [-0.15, -0.1) is 0 Å². The highest BCUT2D eigenvalue weighted by atomic mass is 32.2. The Morgan fingerprint density at radius 2 is 1.83 bits per heavy atom. The SMILES string of the molecule is CC[C@H]1[C@@H](O)[C@H]2[C@@H]3CC[C@@H]([C@H](C)CCC(=O)NCCS(=O)(=O)O)[C@H]3[C@H](C)C[C@@H]2[C@@]2(C)CC[C@@H](O)C[C@@H]12. The number of carbonyl (C=O) groups is 1. The van der Waals surface area contributed by atoms with Gasteiger partial charge in [-0.2, -0.15) is 8.42 Å². The van der Waals surface area contributed by atoms with Gasteiger partial charge in [0.1, 0.15) is 0 Å². The van der Waals surface area contributed by atoms with Gasteiger partial charge in [0.25, 0.3) is 10.1 Å². The summed E-state index contributed by atoms with van der Waals surface area (Å²) in [6, 6.07) is 0. The fraction of sp³-hybridized carbons (Fsp3) is 0.964. The van der Waals surface area contributed by atoms with Crippen molar-refractivity contribution in [2.75, 3.05) is 12.3 Å². The quantitative estimate of drug-likeness (QED) is 0.355. The predicted molar refractivity (Wildman–Crippen MR) is 140 cm³/mol. The van der Waals surface area contributed by atoms with Crippen LogP contribution in [0.2, 0.25) is 0 Å². The van der Waals surface area contributed by atoms with E-state index in [4.69, 9.17) is 4.55 Å². The standard InChI is InChI=1S/C28H49NO6S/c1-5-19-22-15-18(30)10-11-28(22,4)23-14-17(3)25-20(7-8-21(25)26(23)27(19)32)16(2)6-9-24(31)29-12-13-36(33,34)35/h16-23,25-27,30,32H,5-15H2,1-4H3,(H,29,31)(H,33,34,35)/t16-,17-,18-,19-,20+,21-,22+,23+,25-,26+,27-,28+/m1/s1. The minimum atomic E-state index is -4.07. The second kappa shape index (κ2) is 10.8. The molecule has 0 saturated heterocycles. The Balaban J connectivity index is 1.44. The molecule has 4 fully saturated rings. The first kappa shape index (κ1) is 28.3. The van der Waals surface area contributed by atoms with Crippen LogP contribution in [0.1, 0.15) is 85.5 Å². The zero-order chi connectivity index (χ0) is 26.4. The fourth-order valence-corrected chi connectivity index (χ4v) is 10.1. The Kier molecular flexibility index (Phi) is 8.51. The number of aliphatic hydroxyl groups excluding tert-OH is 2. The normalized spacial score (nSPS) is 45.3. The summed E-state index contributed by atoms with van der Waals surface area (Å²) in [4.78, 5) is 12.2. The van der Waals surface area contributed by atoms with Crippen LogP contribution in [0.5, 0.6) is 0 Å². The first-order valence-corrected chi connectivity index (χ1v) is 16.1. The van der Waals surface area contributed by atoms with Gasteiger partial charge in [-0.1, -0.05) is 34.1 Å². The molecule has 208 valence electrons. The van der Waals surface area contributed by atoms with E-state index in [2.05, 4.69) is 33.0 Å². The lowest BCUT2D eigenvalue weighted by Crippen LogP contribution is -2.61. The fourth-order valence-electron chi connectivity index (χ4n) is 9.76. The van der Waals surface area contributed by atoms with Gasteiger partial charge in [0.05, 0.1) is 18.0 Å². The van der Waals surface area contributed by atoms with Crippen molar-refractivity contribution in [3.05, 3.63) is 0 Å². The number of amides is 1. The summed E-state index contributed by atoms with van der Waals surface area (Å²) >= 11 is 0. The van der Waals surface area contributed by atoms with E-state index < -0.39 is 15.9 Å². The Bertz CT molecular complexity index is 894. The Labute approximate surface area is 217 Å². The van der Waals surface area contributed by atoms with Gasteiger partial charge in [0.2, 0.25) is 5.91 Å². The van der Waals surface area contributed by atoms with Gasteiger partial charge in [0, 0.05) is 13.0 Å². The van der Waals surface area contributed by atoms with Gasteiger partial charge >= 0.3 is 0 Å². The van der Waals surface area contributed by atoms with E-state index in [9.17, 15) is 23.4 Å². The lowest BCUT2D eigenvalue weighted by molar-refractivity contribution is -0.199. The summed E-state index contributed by atoms with van der Waals surface area (Å²) in [5.74, 6) is 3.54. The van der Waals surface area contributed by atoms with Crippen LogP contribution in [-0.2, 0) is 14.9 Å². The molecule has 36 heavy (non-hydrogen) atoms. The van der Waals surface area contributed by atoms with Gasteiger partial charge in [-0.25, -0.2) is 0 Å². The molecule has 12 atom stereocenters. The van der Waals surface area contributed by atoms with Crippen LogP contribution in [0.3, 0.4) is 0 Å². The number of hydrogen-bond acceptors (Lipinski definition) is 5. The van der Waals surface area contributed by atoms with Crippen molar-refractivity contribution in [1.82, 2.24) is 5.32 Å². The van der Waals surface area contributed by atoms with Crippen molar-refractivity contribution >= 4 is 16.0 Å². The third-order valence-corrected chi connectivity index (χ3v) is 12.1. The highest BCUT2D eigenvalue weighted by Crippen LogP contribution is 2.67. The number of hydrogen-bond donors (Lipinski definition) is 4. The summed E-state index contributed by atoms with van der Waals surface area (Å²) < 4.78 is 30.6. The first-order chi connectivity index (χ1) is 16.9. The molecule has 0 heterocycles. The smallest absolute Gasteiger partial charge is 0.266 e. The number of aliphatic hydroxyl groups is 2. The topological polar surface area (TPSA) is 124 Å². The number of carbonyl (C=O) groups excluding carboxylic acids is 1. The van der Waals surface area contributed by atoms with E-state index in [-0.39, 0.29) is 36.0 Å². The molecule has 4 N–H and O–H groups in total. The molecule has 0 aromatic carbocycles. The molecule has 0 spiro atoms. The van der Waals surface area contributed by atoms with E-state index in [0.717, 1.165) is 51.4 Å². The average molecular weight is 528 g/mol. The summed E-state index contributed by atoms with van der Waals surface area (Å²) in [5, 5.41) is 24.9. The van der Waals surface area contributed by atoms with E-state index in [0.29, 0.717) is 53.8 Å². The maximum atomic E-state index is 12.2. The predicted octanol–water partition coefficient (Wildman–Crippen LogP) is 3.89. The molecule has 0 unspecified atom stereocenters. The van der Waals surface area contributed by atoms with Crippen molar-refractivity contribution < 1.29 is 28.0 Å². The van der Waals surface area contributed by atoms with Crippen molar-refractivity contribution in [2.45, 2.75) is 97.7 Å². The third kappa shape index (κ3) is 5.39. The van der Waals surface area contributed by atoms with Crippen LogP contribution >= 0.6 is 0 Å². The average Bonchev–Trinajstić information content (AvgIpc) is 3.24. The maximum Gasteiger partial charge on any atom is 0.266 e. The zero-order valence-electron chi connectivity index (χ0n) is 22.6. The molecule has 0 aliphatic heterocycles. The van der Waals surface area contributed by atoms with Crippen LogP contribution in [0.25, 0.3) is 0 Å². The Hall–Kier alpha value is -0.700. The first-order valence-electron chi connectivity index (χ1n) is 14.4. The van der Waals surface area contributed by atoms with Crippen LogP contribution in [0.15, 0.2) is 0 Å². The van der Waals surface area contributed by atoms with E-state index >= 15 is 0 Å². The Morgan fingerprint density at radius 1 is 1.11 bits per heavy atom. The lowest BCUT2D eigenvalue weighted by Gasteiger charge is -2.64. The summed E-state index contributed by atoms with van der Waals surface area (Å²) in [6.07, 6.45) is 7.84. The second-order valence-electron chi connectivity index (χ2n) is 13.1. The maximum absolute atomic E-state index is 12.2. The highest BCUT2D eigenvalue weighted by Gasteiger charge is 2.63. The Morgan fingerprint density at radius 3 is 2.50 bits per heavy atom. The lowest BCUT2D eigenvalue weighted by atomic mass is 9.42. The molecule has 0 aromatic heterocycles. The van der Waals surface area contributed by atoms with Gasteiger partial charge in [-0.05, 0) is 104 Å². The highest BCUT2D eigenvalue weighted by molar-refractivity contribution is 7.85. The number of fused-ring (bicyclic) bond motifs is 5. The summed E-state index contributed by atoms with van der Waals surface area (Å²) in [6.45, 7) is 9.28. The number of rotatable bonds is 8. The zero-order valence-corrected chi connectivity index (χ0v) is 23.4. The molecule has 0 radical (unpaired) electrons. The minimum Gasteiger partial charge on any atom is -0.393 e. The third-order valence-electron chi connectivity index (χ3n) is 11.4. The van der Waals surface area contributed by atoms with Crippen LogP contribution in [0.4, 0.5) is 0 Å². The number of nitrogens with one attached hydrogen (secondary N) is 1. The molecule has 1 amide bonds. The van der Waals surface area contributed by atoms with Gasteiger partial charge in [-0.3, -0.25) is 9.35 Å². The van der Waals surface area contributed by atoms with E-state index in [1.165, 1.54) is 0 Å². The second-order valence-corrected chi connectivity index (χ2v) is 14.7. The summed E-state index contributed by atoms with van der Waals surface area (Å²) in [5.41, 5.74) is 0.201. The molecule has 4 saturated carbocycles. The molecule has 7 nitrogen and oxygen atoms in total. The van der Waals surface area contributed by atoms with Crippen LogP contribution < -0.4 is 5.32 Å². The monoisotopic (exact) mass is 527 g/mol. The van der Waals surface area contributed by atoms with Crippen LogP contribution in [-0.4, -0.2) is 53.6 Å². The minimum absolute atomic E-state index is 0.0620.